The van der Waals surface area contributed by atoms with Crippen LogP contribution in [0.1, 0.15) is 25.0 Å². The van der Waals surface area contributed by atoms with Crippen molar-refractivity contribution in [2.24, 2.45) is 0 Å². The summed E-state index contributed by atoms with van der Waals surface area (Å²) in [5, 5.41) is 14.9. The van der Waals surface area contributed by atoms with Gasteiger partial charge in [-0.2, -0.15) is 0 Å². The Morgan fingerprint density at radius 1 is 0.330 bits per heavy atom. The maximum atomic E-state index is 5.72. The molecule has 0 atom stereocenters. The summed E-state index contributed by atoms with van der Waals surface area (Å²) in [5.74, 6) is 0.842. The largest absolute Gasteiger partial charge is 0.310 e. The molecule has 1 aliphatic carbocycles. The summed E-state index contributed by atoms with van der Waals surface area (Å²) in [6.45, 7) is 4.90. The summed E-state index contributed by atoms with van der Waals surface area (Å²) >= 11 is 0. The van der Waals surface area contributed by atoms with Crippen LogP contribution in [0.25, 0.3) is 143 Å². The number of nitrogens with zero attached hydrogens (tertiary/aromatic N) is 4. The van der Waals surface area contributed by atoms with Crippen LogP contribution in [0.4, 0.5) is 17.1 Å². The Morgan fingerprint density at radius 3 is 1.52 bits per heavy atom. The zero-order valence-corrected chi connectivity index (χ0v) is 48.7. The van der Waals surface area contributed by atoms with E-state index in [9.17, 15) is 0 Å². The number of rotatable bonds is 8. The lowest BCUT2D eigenvalue weighted by Gasteiger charge is -2.28. The number of benzene rings is 15. The Hall–Kier alpha value is -11.3. The van der Waals surface area contributed by atoms with Crippen LogP contribution >= 0.6 is 0 Å². The zero-order valence-electron chi connectivity index (χ0n) is 48.7. The average molecular weight is 1120 g/mol. The van der Waals surface area contributed by atoms with Crippen LogP contribution in [0.5, 0.6) is 0 Å². The number of para-hydroxylation sites is 3. The van der Waals surface area contributed by atoms with Gasteiger partial charge in [0, 0.05) is 44.0 Å². The van der Waals surface area contributed by atoms with Crippen molar-refractivity contribution < 1.29 is 0 Å². The maximum Gasteiger partial charge on any atom is 0.220 e. The standard InChI is InChI=1S/C84H56N4/c1-84(2)74-52-72-66-37-15-13-35-64(66)63-34-12-14-36-65(63)71(72)51-73(74)79-80-70-47-46-57(50-78(70)88(82(80)69-39-17-16-38-68(69)81(79)84)83-85-75-43-18-19-44-77(75)87(83)58-30-10-5-11-31-58)61-40-22-42-67-62(61)41-23-45-76(67)86(59-32-20-28-55(48-59)53-24-6-3-7-25-53)60-33-21-29-56(49-60)54-26-8-4-9-27-54/h3-52H,1-2H3. The molecular weight excluding hydrogens is 1060 g/mol. The molecule has 0 spiro atoms. The van der Waals surface area contributed by atoms with Crippen molar-refractivity contribution in [2.75, 3.05) is 4.90 Å². The first-order valence-corrected chi connectivity index (χ1v) is 30.5. The highest BCUT2D eigenvalue weighted by Crippen LogP contribution is 2.58. The van der Waals surface area contributed by atoms with Gasteiger partial charge >= 0.3 is 0 Å². The van der Waals surface area contributed by atoms with Crippen LogP contribution in [0, 0.1) is 0 Å². The summed E-state index contributed by atoms with van der Waals surface area (Å²) in [6.07, 6.45) is 0. The minimum absolute atomic E-state index is 0.342. The molecule has 4 heteroatoms. The van der Waals surface area contributed by atoms with Gasteiger partial charge in [0.1, 0.15) is 0 Å². The lowest BCUT2D eigenvalue weighted by Crippen LogP contribution is -2.15. The van der Waals surface area contributed by atoms with Crippen LogP contribution < -0.4 is 4.90 Å². The molecule has 0 saturated carbocycles. The maximum absolute atomic E-state index is 5.72. The number of hydrogen-bond acceptors (Lipinski definition) is 2. The van der Waals surface area contributed by atoms with Gasteiger partial charge in [-0.3, -0.25) is 9.13 Å². The minimum atomic E-state index is -0.342. The van der Waals surface area contributed by atoms with Crippen molar-refractivity contribution in [3.63, 3.8) is 0 Å². The van der Waals surface area contributed by atoms with Gasteiger partial charge in [-0.15, -0.1) is 0 Å². The van der Waals surface area contributed by atoms with Crippen LogP contribution in [0.2, 0.25) is 0 Å². The summed E-state index contributed by atoms with van der Waals surface area (Å²) in [7, 11) is 0. The second-order valence-corrected chi connectivity index (χ2v) is 24.2. The Kier molecular flexibility index (Phi) is 11.0. The van der Waals surface area contributed by atoms with Gasteiger partial charge in [0.05, 0.1) is 27.8 Å². The highest BCUT2D eigenvalue weighted by atomic mass is 15.2. The third kappa shape index (κ3) is 7.42. The normalized spacial score (nSPS) is 12.8. The molecule has 2 heterocycles. The van der Waals surface area contributed by atoms with Crippen molar-refractivity contribution in [2.45, 2.75) is 19.3 Å². The van der Waals surface area contributed by atoms with E-state index in [-0.39, 0.29) is 5.41 Å². The fourth-order valence-electron chi connectivity index (χ4n) is 15.1. The van der Waals surface area contributed by atoms with Crippen molar-refractivity contribution >= 4 is 104 Å². The SMILES string of the molecule is CC1(C)c2cc3c4ccccc4c4ccccc4c3cc2-c2c1c1ccccc1c1c2c2ccc(-c3cccc4c(N(c5cccc(-c6ccccc6)c5)c5cccc(-c6ccccc6)c5)cccc34)cc2n1-c1nc2ccccc2n1-c1ccccc1. The third-order valence-electron chi connectivity index (χ3n) is 19.0. The molecule has 0 unspecified atom stereocenters. The van der Waals surface area contributed by atoms with Crippen LogP contribution in [0.15, 0.2) is 303 Å². The summed E-state index contributed by atoms with van der Waals surface area (Å²) in [4.78, 5) is 8.17. The zero-order chi connectivity index (χ0) is 58.2. The van der Waals surface area contributed by atoms with E-state index in [0.717, 1.165) is 83.8 Å². The van der Waals surface area contributed by atoms with E-state index < -0.39 is 0 Å². The van der Waals surface area contributed by atoms with E-state index in [1.165, 1.54) is 87.2 Å². The highest BCUT2D eigenvalue weighted by Gasteiger charge is 2.41. The van der Waals surface area contributed by atoms with Gasteiger partial charge in [0.25, 0.3) is 0 Å². The molecule has 0 fully saturated rings. The Bertz CT molecular complexity index is 5630. The monoisotopic (exact) mass is 1120 g/mol. The third-order valence-corrected chi connectivity index (χ3v) is 19.0. The molecule has 0 amide bonds. The second kappa shape index (κ2) is 19.3. The van der Waals surface area contributed by atoms with Gasteiger partial charge in [-0.05, 0) is 172 Å². The number of hydrogen-bond donors (Lipinski definition) is 0. The fourth-order valence-corrected chi connectivity index (χ4v) is 15.1. The quantitative estimate of drug-likeness (QED) is 0.142. The molecule has 0 aliphatic heterocycles. The fraction of sp³-hybridized carbons (Fsp3) is 0.0357. The molecule has 0 bridgehead atoms. The molecule has 4 nitrogen and oxygen atoms in total. The lowest BCUT2D eigenvalue weighted by atomic mass is 9.79. The molecule has 88 heavy (non-hydrogen) atoms. The van der Waals surface area contributed by atoms with Crippen LogP contribution in [-0.4, -0.2) is 14.1 Å². The second-order valence-electron chi connectivity index (χ2n) is 24.2. The van der Waals surface area contributed by atoms with Crippen molar-refractivity contribution in [3.05, 3.63) is 314 Å². The predicted octanol–water partition coefficient (Wildman–Crippen LogP) is 22.7. The van der Waals surface area contributed by atoms with Crippen molar-refractivity contribution in [1.29, 1.82) is 0 Å². The Labute approximate surface area is 509 Å². The molecule has 18 rings (SSSR count). The molecule has 15 aromatic carbocycles. The predicted molar refractivity (Wildman–Crippen MR) is 371 cm³/mol. The first-order chi connectivity index (χ1) is 43.4. The summed E-state index contributed by atoms with van der Waals surface area (Å²) < 4.78 is 4.88. The van der Waals surface area contributed by atoms with Gasteiger partial charge in [-0.1, -0.05) is 244 Å². The average Bonchev–Trinajstić information content (AvgIpc) is 1.55. The summed E-state index contributed by atoms with van der Waals surface area (Å²) in [5.41, 5.74) is 20.4. The van der Waals surface area contributed by atoms with Gasteiger partial charge < -0.3 is 4.90 Å². The molecule has 1 aliphatic rings. The Balaban J connectivity index is 0.927. The smallest absolute Gasteiger partial charge is 0.220 e. The Morgan fingerprint density at radius 2 is 0.852 bits per heavy atom. The van der Waals surface area contributed by atoms with E-state index in [0.29, 0.717) is 0 Å². The van der Waals surface area contributed by atoms with E-state index >= 15 is 0 Å². The highest BCUT2D eigenvalue weighted by molar-refractivity contribution is 6.30. The number of imidazole rings is 1. The van der Waals surface area contributed by atoms with E-state index in [1.54, 1.807) is 0 Å². The van der Waals surface area contributed by atoms with E-state index in [1.807, 2.05) is 0 Å². The van der Waals surface area contributed by atoms with Crippen molar-refractivity contribution in [3.8, 4) is 56.1 Å². The molecular formula is C84H56N4. The number of anilines is 3. The molecule has 0 saturated heterocycles. The number of aromatic nitrogens is 3. The summed E-state index contributed by atoms with van der Waals surface area (Å²) in [6, 6.07) is 112. The van der Waals surface area contributed by atoms with E-state index in [2.05, 4.69) is 331 Å². The first-order valence-electron chi connectivity index (χ1n) is 30.5. The van der Waals surface area contributed by atoms with Crippen LogP contribution in [0.3, 0.4) is 0 Å². The number of fused-ring (bicyclic) bond motifs is 18. The molecule has 0 radical (unpaired) electrons. The molecule has 412 valence electrons. The van der Waals surface area contributed by atoms with Gasteiger partial charge in [0.15, 0.2) is 0 Å². The van der Waals surface area contributed by atoms with E-state index in [4.69, 9.17) is 4.98 Å². The topological polar surface area (TPSA) is 26.0 Å². The van der Waals surface area contributed by atoms with Crippen LogP contribution in [-0.2, 0) is 5.41 Å². The minimum Gasteiger partial charge on any atom is -0.310 e. The molecule has 2 aromatic heterocycles. The van der Waals surface area contributed by atoms with Gasteiger partial charge in [0.2, 0.25) is 5.95 Å². The first kappa shape index (κ1) is 50.0. The lowest BCUT2D eigenvalue weighted by molar-refractivity contribution is 0.667. The van der Waals surface area contributed by atoms with Crippen molar-refractivity contribution in [1.82, 2.24) is 14.1 Å². The van der Waals surface area contributed by atoms with Gasteiger partial charge in [-0.25, -0.2) is 4.98 Å². The molecule has 0 N–H and O–H groups in total. The molecule has 17 aromatic rings.